The maximum atomic E-state index is 12.8. The normalized spacial score (nSPS) is 11.2. The largest absolute Gasteiger partial charge is 0.497 e. The van der Waals surface area contributed by atoms with E-state index in [1.165, 1.54) is 0 Å². The number of nitrogens with zero attached hydrogens (tertiary/aromatic N) is 1. The van der Waals surface area contributed by atoms with Crippen LogP contribution in [0.3, 0.4) is 0 Å². The number of hydrogen-bond acceptors (Lipinski definition) is 3. The number of halogens is 2. The van der Waals surface area contributed by atoms with Crippen molar-refractivity contribution >= 4 is 16.9 Å². The highest BCUT2D eigenvalue weighted by molar-refractivity contribution is 6.06. The molecule has 0 saturated heterocycles. The monoisotopic (exact) mass is 373 g/mol. The van der Waals surface area contributed by atoms with Crippen LogP contribution in [0.4, 0.5) is 8.78 Å². The van der Waals surface area contributed by atoms with E-state index in [9.17, 15) is 13.6 Å². The van der Waals surface area contributed by atoms with Crippen LogP contribution in [0.2, 0.25) is 0 Å². The van der Waals surface area contributed by atoms with E-state index in [1.807, 2.05) is 35.8 Å². The minimum absolute atomic E-state index is 0.261. The molecule has 0 saturated carbocycles. The SMILES string of the molecule is CCOC(=O)c1c(C)n(-c2ccc(OC)cc2)c2cc(CC(F)F)ccc12. The predicted molar refractivity (Wildman–Crippen MR) is 100 cm³/mol. The number of carbonyl (C=O) groups is 1. The summed E-state index contributed by atoms with van der Waals surface area (Å²) in [6.07, 6.45) is -2.77. The zero-order chi connectivity index (χ0) is 19.6. The maximum absolute atomic E-state index is 12.8. The van der Waals surface area contributed by atoms with Crippen LogP contribution in [0.1, 0.15) is 28.5 Å². The van der Waals surface area contributed by atoms with Gasteiger partial charge in [0.2, 0.25) is 6.43 Å². The number of ether oxygens (including phenoxy) is 2. The number of alkyl halides is 2. The molecule has 0 radical (unpaired) electrons. The molecular formula is C21H21F2NO3. The van der Waals surface area contributed by atoms with Gasteiger partial charge in [-0.25, -0.2) is 13.6 Å². The number of hydrogen-bond donors (Lipinski definition) is 0. The smallest absolute Gasteiger partial charge is 0.340 e. The number of benzene rings is 2. The van der Waals surface area contributed by atoms with Crippen molar-refractivity contribution in [3.8, 4) is 11.4 Å². The lowest BCUT2D eigenvalue weighted by atomic mass is 10.1. The number of fused-ring (bicyclic) bond motifs is 1. The number of methoxy groups -OCH3 is 1. The van der Waals surface area contributed by atoms with Gasteiger partial charge in [0.25, 0.3) is 0 Å². The topological polar surface area (TPSA) is 40.5 Å². The Morgan fingerprint density at radius 2 is 1.85 bits per heavy atom. The van der Waals surface area contributed by atoms with E-state index in [4.69, 9.17) is 9.47 Å². The molecule has 3 aromatic rings. The lowest BCUT2D eigenvalue weighted by molar-refractivity contribution is 0.0527. The standard InChI is InChI=1S/C21H21F2NO3/c1-4-27-21(25)20-13(2)24(15-6-8-16(26-3)9-7-15)18-11-14(12-19(22)23)5-10-17(18)20/h5-11,19H,4,12H2,1-3H3. The Balaban J connectivity index is 2.24. The summed E-state index contributed by atoms with van der Waals surface area (Å²) in [6, 6.07) is 12.4. The predicted octanol–water partition coefficient (Wildman–Crippen LogP) is 4.93. The van der Waals surface area contributed by atoms with E-state index in [2.05, 4.69) is 0 Å². The molecule has 3 rings (SSSR count). The zero-order valence-electron chi connectivity index (χ0n) is 15.5. The van der Waals surface area contributed by atoms with Crippen LogP contribution in [0, 0.1) is 6.92 Å². The van der Waals surface area contributed by atoms with Crippen molar-refractivity contribution in [3.63, 3.8) is 0 Å². The molecule has 1 heterocycles. The molecule has 2 aromatic carbocycles. The molecule has 0 aliphatic carbocycles. The summed E-state index contributed by atoms with van der Waals surface area (Å²) in [5.74, 6) is 0.283. The molecular weight excluding hydrogens is 352 g/mol. The molecule has 0 fully saturated rings. The fourth-order valence-electron chi connectivity index (χ4n) is 3.29. The molecule has 27 heavy (non-hydrogen) atoms. The van der Waals surface area contributed by atoms with Gasteiger partial charge in [0.1, 0.15) is 5.75 Å². The van der Waals surface area contributed by atoms with Gasteiger partial charge >= 0.3 is 5.97 Å². The van der Waals surface area contributed by atoms with Crippen LogP contribution in [0.5, 0.6) is 5.75 Å². The van der Waals surface area contributed by atoms with Gasteiger partial charge < -0.3 is 14.0 Å². The lowest BCUT2D eigenvalue weighted by Gasteiger charge is -2.10. The molecule has 0 aliphatic heterocycles. The van der Waals surface area contributed by atoms with Crippen LogP contribution in [0.15, 0.2) is 42.5 Å². The first-order valence-corrected chi connectivity index (χ1v) is 8.69. The van der Waals surface area contributed by atoms with Crippen LogP contribution in [-0.4, -0.2) is 30.7 Å². The van der Waals surface area contributed by atoms with Crippen molar-refractivity contribution in [1.29, 1.82) is 0 Å². The Morgan fingerprint density at radius 3 is 2.44 bits per heavy atom. The third-order valence-electron chi connectivity index (χ3n) is 4.47. The summed E-state index contributed by atoms with van der Waals surface area (Å²) in [6.45, 7) is 3.83. The Labute approximate surface area is 156 Å². The summed E-state index contributed by atoms with van der Waals surface area (Å²) < 4.78 is 38.0. The fourth-order valence-corrected chi connectivity index (χ4v) is 3.29. The van der Waals surface area contributed by atoms with E-state index in [1.54, 1.807) is 32.2 Å². The van der Waals surface area contributed by atoms with Crippen molar-refractivity contribution in [1.82, 2.24) is 4.57 Å². The van der Waals surface area contributed by atoms with E-state index in [-0.39, 0.29) is 13.0 Å². The molecule has 0 atom stereocenters. The average molecular weight is 373 g/mol. The van der Waals surface area contributed by atoms with Crippen molar-refractivity contribution in [2.45, 2.75) is 26.7 Å². The molecule has 142 valence electrons. The first-order valence-electron chi connectivity index (χ1n) is 8.69. The van der Waals surface area contributed by atoms with Crippen LogP contribution < -0.4 is 4.74 Å². The van der Waals surface area contributed by atoms with E-state index in [0.717, 1.165) is 5.69 Å². The maximum Gasteiger partial charge on any atom is 0.340 e. The second kappa shape index (κ2) is 7.78. The highest BCUT2D eigenvalue weighted by Crippen LogP contribution is 2.31. The Hall–Kier alpha value is -2.89. The first-order chi connectivity index (χ1) is 13.0. The molecule has 0 amide bonds. The fraction of sp³-hybridized carbons (Fsp3) is 0.286. The van der Waals surface area contributed by atoms with Gasteiger partial charge in [-0.1, -0.05) is 12.1 Å². The summed E-state index contributed by atoms with van der Waals surface area (Å²) in [5, 5.41) is 0.680. The molecule has 0 N–H and O–H groups in total. The minimum Gasteiger partial charge on any atom is -0.497 e. The lowest BCUT2D eigenvalue weighted by Crippen LogP contribution is -2.07. The highest BCUT2D eigenvalue weighted by atomic mass is 19.3. The zero-order valence-corrected chi connectivity index (χ0v) is 15.5. The van der Waals surface area contributed by atoms with Gasteiger partial charge in [-0.2, -0.15) is 0 Å². The number of aromatic nitrogens is 1. The van der Waals surface area contributed by atoms with Crippen LogP contribution in [-0.2, 0) is 11.2 Å². The Morgan fingerprint density at radius 1 is 1.15 bits per heavy atom. The van der Waals surface area contributed by atoms with Crippen molar-refractivity contribution < 1.29 is 23.0 Å². The second-order valence-electron chi connectivity index (χ2n) is 6.16. The second-order valence-corrected chi connectivity index (χ2v) is 6.16. The third kappa shape index (κ3) is 3.65. The van der Waals surface area contributed by atoms with Gasteiger partial charge in [0.15, 0.2) is 0 Å². The van der Waals surface area contributed by atoms with Crippen molar-refractivity contribution in [2.24, 2.45) is 0 Å². The molecule has 0 aliphatic rings. The molecule has 0 spiro atoms. The third-order valence-corrected chi connectivity index (χ3v) is 4.47. The van der Waals surface area contributed by atoms with Gasteiger partial charge in [0.05, 0.1) is 24.8 Å². The Bertz CT molecular complexity index is 962. The van der Waals surface area contributed by atoms with E-state index in [0.29, 0.717) is 33.5 Å². The average Bonchev–Trinajstić information content (AvgIpc) is 2.92. The number of carbonyl (C=O) groups excluding carboxylic acids is 1. The van der Waals surface area contributed by atoms with Gasteiger partial charge in [-0.3, -0.25) is 0 Å². The van der Waals surface area contributed by atoms with Crippen LogP contribution >= 0.6 is 0 Å². The van der Waals surface area contributed by atoms with Gasteiger partial charge in [-0.15, -0.1) is 0 Å². The molecule has 0 unspecified atom stereocenters. The van der Waals surface area contributed by atoms with Crippen molar-refractivity contribution in [2.75, 3.05) is 13.7 Å². The first kappa shape index (κ1) is 18.9. The van der Waals surface area contributed by atoms with Crippen LogP contribution in [0.25, 0.3) is 16.6 Å². The summed E-state index contributed by atoms with van der Waals surface area (Å²) in [4.78, 5) is 12.5. The summed E-state index contributed by atoms with van der Waals surface area (Å²) >= 11 is 0. The number of rotatable bonds is 6. The number of esters is 1. The highest BCUT2D eigenvalue weighted by Gasteiger charge is 2.22. The van der Waals surface area contributed by atoms with Gasteiger partial charge in [0, 0.05) is 23.2 Å². The molecule has 0 bridgehead atoms. The summed E-state index contributed by atoms with van der Waals surface area (Å²) in [7, 11) is 1.58. The van der Waals surface area contributed by atoms with Crippen molar-refractivity contribution in [3.05, 3.63) is 59.3 Å². The molecule has 1 aromatic heterocycles. The summed E-state index contributed by atoms with van der Waals surface area (Å²) in [5.41, 5.74) is 3.16. The van der Waals surface area contributed by atoms with E-state index >= 15 is 0 Å². The van der Waals surface area contributed by atoms with Gasteiger partial charge in [-0.05, 0) is 49.7 Å². The van der Waals surface area contributed by atoms with E-state index < -0.39 is 12.4 Å². The molecule has 6 heteroatoms. The molecule has 4 nitrogen and oxygen atoms in total. The Kier molecular flexibility index (Phi) is 5.44. The quantitative estimate of drug-likeness (QED) is 0.575. The minimum atomic E-state index is -2.43.